The summed E-state index contributed by atoms with van der Waals surface area (Å²) in [5.41, 5.74) is 0.844. The highest BCUT2D eigenvalue weighted by Gasteiger charge is 2.01. The highest BCUT2D eigenvalue weighted by atomic mass is 79.9. The molecule has 62 valence electrons. The highest BCUT2D eigenvalue weighted by molar-refractivity contribution is 9.08. The minimum Gasteiger partial charge on any atom is -0.460 e. The number of hydrogen-bond donors (Lipinski definition) is 0. The van der Waals surface area contributed by atoms with Crippen molar-refractivity contribution in [1.82, 2.24) is 0 Å². The molecule has 2 aromatic rings. The Labute approximate surface area is 83.4 Å². The molecule has 2 rings (SSSR count). The Bertz CT molecular complexity index is 408. The van der Waals surface area contributed by atoms with Gasteiger partial charge in [-0.05, 0) is 18.2 Å². The molecule has 0 amide bonds. The summed E-state index contributed by atoms with van der Waals surface area (Å²) < 4.78 is 5.47. The van der Waals surface area contributed by atoms with Crippen LogP contribution >= 0.6 is 27.5 Å². The van der Waals surface area contributed by atoms with Crippen molar-refractivity contribution in [3.05, 3.63) is 35.0 Å². The van der Waals surface area contributed by atoms with E-state index in [2.05, 4.69) is 15.9 Å². The Balaban J connectivity index is 2.67. The number of rotatable bonds is 1. The number of alkyl halides is 1. The average molecular weight is 246 g/mol. The van der Waals surface area contributed by atoms with Gasteiger partial charge in [0.2, 0.25) is 0 Å². The fourth-order valence-corrected chi connectivity index (χ4v) is 1.56. The van der Waals surface area contributed by atoms with Crippen molar-refractivity contribution < 1.29 is 4.42 Å². The highest BCUT2D eigenvalue weighted by Crippen LogP contribution is 2.23. The first-order valence-electron chi connectivity index (χ1n) is 3.53. The van der Waals surface area contributed by atoms with Crippen LogP contribution in [0.4, 0.5) is 0 Å². The molecule has 0 saturated carbocycles. The van der Waals surface area contributed by atoms with Gasteiger partial charge in [-0.3, -0.25) is 0 Å². The van der Waals surface area contributed by atoms with Gasteiger partial charge in [-0.1, -0.05) is 27.5 Å². The van der Waals surface area contributed by atoms with Crippen molar-refractivity contribution >= 4 is 38.5 Å². The predicted octanol–water partition coefficient (Wildman–Crippen LogP) is 3.98. The molecule has 0 N–H and O–H groups in total. The van der Waals surface area contributed by atoms with E-state index in [4.69, 9.17) is 16.0 Å². The van der Waals surface area contributed by atoms with Gasteiger partial charge in [-0.15, -0.1) is 0 Å². The molecule has 0 spiro atoms. The van der Waals surface area contributed by atoms with Crippen LogP contribution in [0.2, 0.25) is 5.02 Å². The zero-order valence-electron chi connectivity index (χ0n) is 6.18. The summed E-state index contributed by atoms with van der Waals surface area (Å²) in [5, 5.41) is 2.53. The minimum absolute atomic E-state index is 0.706. The van der Waals surface area contributed by atoms with Crippen molar-refractivity contribution in [3.63, 3.8) is 0 Å². The molecule has 1 aromatic heterocycles. The minimum atomic E-state index is 0.706. The van der Waals surface area contributed by atoms with Gasteiger partial charge in [0.1, 0.15) is 11.3 Å². The van der Waals surface area contributed by atoms with Gasteiger partial charge in [0.05, 0.1) is 5.33 Å². The first-order chi connectivity index (χ1) is 5.79. The standard InChI is InChI=1S/C9H6BrClO/c10-5-8-3-6-1-2-7(11)4-9(6)12-8/h1-4H,5H2. The first kappa shape index (κ1) is 8.14. The molecular weight excluding hydrogens is 239 g/mol. The van der Waals surface area contributed by atoms with Gasteiger partial charge >= 0.3 is 0 Å². The quantitative estimate of drug-likeness (QED) is 0.693. The van der Waals surface area contributed by atoms with E-state index in [1.165, 1.54) is 0 Å². The second-order valence-electron chi connectivity index (χ2n) is 2.53. The topological polar surface area (TPSA) is 13.1 Å². The molecular formula is C9H6BrClO. The van der Waals surface area contributed by atoms with Crippen LogP contribution in [0.15, 0.2) is 28.7 Å². The molecule has 1 nitrogen and oxygen atoms in total. The van der Waals surface area contributed by atoms with Gasteiger partial charge in [0.15, 0.2) is 0 Å². The van der Waals surface area contributed by atoms with Crippen molar-refractivity contribution in [2.24, 2.45) is 0 Å². The summed E-state index contributed by atoms with van der Waals surface area (Å²) >= 11 is 9.13. The second-order valence-corrected chi connectivity index (χ2v) is 3.53. The van der Waals surface area contributed by atoms with Crippen molar-refractivity contribution in [1.29, 1.82) is 0 Å². The lowest BCUT2D eigenvalue weighted by Gasteiger charge is -1.87. The molecule has 1 heterocycles. The summed E-state index contributed by atoms with van der Waals surface area (Å²) in [7, 11) is 0. The van der Waals surface area contributed by atoms with Crippen LogP contribution in [0.5, 0.6) is 0 Å². The third kappa shape index (κ3) is 1.37. The third-order valence-electron chi connectivity index (χ3n) is 1.66. The van der Waals surface area contributed by atoms with Crippen LogP contribution in [0.25, 0.3) is 11.0 Å². The van der Waals surface area contributed by atoms with Crippen LogP contribution in [0.1, 0.15) is 5.76 Å². The van der Waals surface area contributed by atoms with Crippen LogP contribution in [-0.2, 0) is 5.33 Å². The maximum atomic E-state index is 5.80. The fraction of sp³-hybridized carbons (Fsp3) is 0.111. The van der Waals surface area contributed by atoms with Crippen molar-refractivity contribution in [2.45, 2.75) is 5.33 Å². The Morgan fingerprint density at radius 1 is 1.33 bits per heavy atom. The van der Waals surface area contributed by atoms with E-state index >= 15 is 0 Å². The van der Waals surface area contributed by atoms with Crippen molar-refractivity contribution in [3.8, 4) is 0 Å². The van der Waals surface area contributed by atoms with Gasteiger partial charge < -0.3 is 4.42 Å². The smallest absolute Gasteiger partial charge is 0.135 e. The molecule has 0 atom stereocenters. The second kappa shape index (κ2) is 3.11. The number of benzene rings is 1. The van der Waals surface area contributed by atoms with Crippen LogP contribution in [0.3, 0.4) is 0 Å². The molecule has 0 aliphatic carbocycles. The number of furan rings is 1. The largest absolute Gasteiger partial charge is 0.460 e. The summed E-state index contributed by atoms with van der Waals surface area (Å²) in [6.45, 7) is 0. The lowest BCUT2D eigenvalue weighted by Crippen LogP contribution is -1.62. The Hall–Kier alpha value is -0.470. The summed E-state index contributed by atoms with van der Waals surface area (Å²) in [6.07, 6.45) is 0. The SMILES string of the molecule is Clc1ccc2cc(CBr)oc2c1. The summed E-state index contributed by atoms with van der Waals surface area (Å²) in [6, 6.07) is 7.63. The Morgan fingerprint density at radius 3 is 2.92 bits per heavy atom. The molecule has 0 unspecified atom stereocenters. The molecule has 0 aliphatic rings. The van der Waals surface area contributed by atoms with E-state index in [0.29, 0.717) is 5.02 Å². The summed E-state index contributed by atoms with van der Waals surface area (Å²) in [4.78, 5) is 0. The fourth-order valence-electron chi connectivity index (χ4n) is 1.13. The molecule has 0 bridgehead atoms. The normalized spacial score (nSPS) is 10.8. The zero-order chi connectivity index (χ0) is 8.55. The summed E-state index contributed by atoms with van der Waals surface area (Å²) in [5.74, 6) is 0.923. The lowest BCUT2D eigenvalue weighted by atomic mass is 10.2. The van der Waals surface area contributed by atoms with Gasteiger partial charge in [-0.25, -0.2) is 0 Å². The molecule has 0 aliphatic heterocycles. The Morgan fingerprint density at radius 2 is 2.17 bits per heavy atom. The van der Waals surface area contributed by atoms with E-state index < -0.39 is 0 Å². The molecule has 0 radical (unpaired) electrons. The molecule has 1 aromatic carbocycles. The van der Waals surface area contributed by atoms with E-state index in [-0.39, 0.29) is 0 Å². The van der Waals surface area contributed by atoms with Crippen LogP contribution in [0, 0.1) is 0 Å². The van der Waals surface area contributed by atoms with Gasteiger partial charge in [-0.2, -0.15) is 0 Å². The Kier molecular flexibility index (Phi) is 2.11. The van der Waals surface area contributed by atoms with Gasteiger partial charge in [0, 0.05) is 16.5 Å². The van der Waals surface area contributed by atoms with E-state index in [9.17, 15) is 0 Å². The zero-order valence-corrected chi connectivity index (χ0v) is 8.52. The van der Waals surface area contributed by atoms with Gasteiger partial charge in [0.25, 0.3) is 0 Å². The molecule has 12 heavy (non-hydrogen) atoms. The lowest BCUT2D eigenvalue weighted by molar-refractivity contribution is 0.575. The van der Waals surface area contributed by atoms with Crippen molar-refractivity contribution in [2.75, 3.05) is 0 Å². The van der Waals surface area contributed by atoms with E-state index in [1.807, 2.05) is 24.3 Å². The predicted molar refractivity (Wildman–Crippen MR) is 53.9 cm³/mol. The number of halogens is 2. The monoisotopic (exact) mass is 244 g/mol. The molecule has 0 fully saturated rings. The van der Waals surface area contributed by atoms with E-state index in [1.54, 1.807) is 0 Å². The van der Waals surface area contributed by atoms with Crippen LogP contribution < -0.4 is 0 Å². The maximum Gasteiger partial charge on any atom is 0.135 e. The molecule has 3 heteroatoms. The third-order valence-corrected chi connectivity index (χ3v) is 2.45. The first-order valence-corrected chi connectivity index (χ1v) is 5.03. The number of fused-ring (bicyclic) bond motifs is 1. The van der Waals surface area contributed by atoms with E-state index in [0.717, 1.165) is 22.1 Å². The number of hydrogen-bond acceptors (Lipinski definition) is 1. The maximum absolute atomic E-state index is 5.80. The molecule has 0 saturated heterocycles. The average Bonchev–Trinajstić information content (AvgIpc) is 2.46. The van der Waals surface area contributed by atoms with Crippen LogP contribution in [-0.4, -0.2) is 0 Å².